The van der Waals surface area contributed by atoms with Gasteiger partial charge in [0, 0.05) is 34.3 Å². The molecule has 0 atom stereocenters. The van der Waals surface area contributed by atoms with Gasteiger partial charge in [-0.05, 0) is 120 Å². The van der Waals surface area contributed by atoms with E-state index in [-0.39, 0.29) is 11.8 Å². The highest BCUT2D eigenvalue weighted by Crippen LogP contribution is 2.58. The number of hydrogen-bond acceptors (Lipinski definition) is 6. The highest BCUT2D eigenvalue weighted by molar-refractivity contribution is 7.10. The highest BCUT2D eigenvalue weighted by Gasteiger charge is 2.58. The van der Waals surface area contributed by atoms with E-state index in [1.54, 1.807) is 22.7 Å². The average Bonchev–Trinajstić information content (AvgIpc) is 4.07. The molecular formula is C58H62N2O4S2. The number of amides is 2. The number of benzene rings is 4. The molecule has 0 radical (unpaired) electrons. The van der Waals surface area contributed by atoms with Crippen LogP contribution in [0.4, 0.5) is 11.4 Å². The summed E-state index contributed by atoms with van der Waals surface area (Å²) in [6.45, 7) is 5.78. The molecule has 4 aromatic carbocycles. The predicted octanol–water partition coefficient (Wildman–Crippen LogP) is 14.5. The van der Waals surface area contributed by atoms with Gasteiger partial charge in [-0.15, -0.1) is 22.7 Å². The molecule has 66 heavy (non-hydrogen) atoms. The van der Waals surface area contributed by atoms with Crippen molar-refractivity contribution in [3.05, 3.63) is 164 Å². The molecule has 0 spiro atoms. The Labute approximate surface area is 400 Å². The zero-order valence-corrected chi connectivity index (χ0v) is 40.0. The van der Waals surface area contributed by atoms with E-state index in [9.17, 15) is 9.59 Å². The molecule has 1 fully saturated rings. The van der Waals surface area contributed by atoms with Crippen molar-refractivity contribution in [1.29, 1.82) is 0 Å². The summed E-state index contributed by atoms with van der Waals surface area (Å²) in [7, 11) is 0. The van der Waals surface area contributed by atoms with Crippen molar-refractivity contribution in [2.75, 3.05) is 23.8 Å². The Morgan fingerprint density at radius 2 is 0.848 bits per heavy atom. The monoisotopic (exact) mass is 914 g/mol. The lowest BCUT2D eigenvalue weighted by molar-refractivity contribution is -0.134. The Hall–Kier alpha value is -6.06. The van der Waals surface area contributed by atoms with Crippen LogP contribution in [-0.4, -0.2) is 25.0 Å². The summed E-state index contributed by atoms with van der Waals surface area (Å²) in [5.74, 6) is 12.2. The van der Waals surface area contributed by atoms with Crippen LogP contribution in [0.15, 0.2) is 132 Å². The smallest absolute Gasteiger partial charge is 0.228 e. The Balaban J connectivity index is 1.14. The van der Waals surface area contributed by atoms with Crippen LogP contribution < -0.4 is 20.1 Å². The number of carbonyl (C=O) groups is 2. The predicted molar refractivity (Wildman–Crippen MR) is 274 cm³/mol. The van der Waals surface area contributed by atoms with E-state index in [4.69, 9.17) is 9.47 Å². The van der Waals surface area contributed by atoms with E-state index < -0.39 is 23.7 Å². The van der Waals surface area contributed by atoms with E-state index in [1.165, 1.54) is 51.4 Å². The summed E-state index contributed by atoms with van der Waals surface area (Å²) in [5.41, 5.74) is 4.89. The van der Waals surface area contributed by atoms with E-state index in [0.29, 0.717) is 24.6 Å². The van der Waals surface area contributed by atoms with Crippen molar-refractivity contribution in [3.63, 3.8) is 0 Å². The normalized spacial score (nSPS) is 16.2. The van der Waals surface area contributed by atoms with Crippen LogP contribution in [0.3, 0.4) is 0 Å². The van der Waals surface area contributed by atoms with Crippen LogP contribution in [0.5, 0.6) is 11.5 Å². The second-order valence-electron chi connectivity index (χ2n) is 17.1. The van der Waals surface area contributed by atoms with Crippen LogP contribution in [-0.2, 0) is 9.59 Å². The van der Waals surface area contributed by atoms with Gasteiger partial charge in [0.05, 0.1) is 34.8 Å². The number of rotatable bonds is 22. The summed E-state index contributed by atoms with van der Waals surface area (Å²) in [6, 6.07) is 39.3. The second-order valence-corrected chi connectivity index (χ2v) is 19.0. The molecule has 2 aromatic heterocycles. The summed E-state index contributed by atoms with van der Waals surface area (Å²) in [5, 5.41) is 10.5. The first-order chi connectivity index (χ1) is 32.5. The summed E-state index contributed by atoms with van der Waals surface area (Å²) in [4.78, 5) is 31.6. The summed E-state index contributed by atoms with van der Waals surface area (Å²) < 4.78 is 12.3. The quantitative estimate of drug-likeness (QED) is 0.0525. The zero-order valence-electron chi connectivity index (χ0n) is 38.4. The van der Waals surface area contributed by atoms with E-state index in [0.717, 1.165) is 69.2 Å². The SMILES string of the molecule is CCCCCCCCOc1ccc(C2C(C(=O)Nc3ccc(C#Cc4cccs4)cc3)C(c3ccc(OCCCCCCCC)cc3)C2C(=O)Nc2ccc(C#Cc3cccs3)cc2)cc1. The molecule has 6 aromatic rings. The molecule has 7 rings (SSSR count). The van der Waals surface area contributed by atoms with Gasteiger partial charge in [0.25, 0.3) is 0 Å². The first-order valence-corrected chi connectivity index (χ1v) is 25.6. The van der Waals surface area contributed by atoms with Gasteiger partial charge in [0.1, 0.15) is 11.5 Å². The van der Waals surface area contributed by atoms with Crippen molar-refractivity contribution in [1.82, 2.24) is 0 Å². The minimum atomic E-state index is -0.557. The Morgan fingerprint density at radius 1 is 0.470 bits per heavy atom. The van der Waals surface area contributed by atoms with Crippen LogP contribution in [0.2, 0.25) is 0 Å². The molecule has 2 amide bonds. The fourth-order valence-corrected chi connectivity index (χ4v) is 9.78. The maximum Gasteiger partial charge on any atom is 0.228 e. The van der Waals surface area contributed by atoms with Gasteiger partial charge in [-0.2, -0.15) is 0 Å². The van der Waals surface area contributed by atoms with Crippen molar-refractivity contribution >= 4 is 45.9 Å². The first kappa shape index (κ1) is 47.9. The average molecular weight is 915 g/mol. The Bertz CT molecular complexity index is 2320. The third-order valence-corrected chi connectivity index (χ3v) is 13.8. The number of anilines is 2. The van der Waals surface area contributed by atoms with Gasteiger partial charge < -0.3 is 20.1 Å². The molecule has 1 saturated carbocycles. The minimum Gasteiger partial charge on any atom is -0.494 e. The van der Waals surface area contributed by atoms with E-state index in [1.807, 2.05) is 132 Å². The Morgan fingerprint density at radius 3 is 1.21 bits per heavy atom. The highest BCUT2D eigenvalue weighted by atomic mass is 32.1. The van der Waals surface area contributed by atoms with E-state index >= 15 is 0 Å². The molecule has 6 nitrogen and oxygen atoms in total. The maximum atomic E-state index is 14.8. The van der Waals surface area contributed by atoms with Gasteiger partial charge in [-0.1, -0.05) is 138 Å². The van der Waals surface area contributed by atoms with Crippen LogP contribution in [0.25, 0.3) is 0 Å². The minimum absolute atomic E-state index is 0.146. The van der Waals surface area contributed by atoms with Crippen molar-refractivity contribution < 1.29 is 19.1 Å². The van der Waals surface area contributed by atoms with Gasteiger partial charge in [0.15, 0.2) is 0 Å². The fraction of sp³-hybridized carbons (Fsp3) is 0.345. The maximum absolute atomic E-state index is 14.8. The molecule has 0 saturated heterocycles. The number of ether oxygens (including phenoxy) is 2. The topological polar surface area (TPSA) is 76.7 Å². The third-order valence-electron chi connectivity index (χ3n) is 12.2. The molecule has 1 aliphatic rings. The van der Waals surface area contributed by atoms with Gasteiger partial charge in [0.2, 0.25) is 11.8 Å². The molecule has 0 bridgehead atoms. The number of hydrogen-bond donors (Lipinski definition) is 2. The molecular weight excluding hydrogens is 853 g/mol. The number of nitrogens with one attached hydrogen (secondary N) is 2. The number of thiophene rings is 2. The van der Waals surface area contributed by atoms with Crippen LogP contribution in [0.1, 0.15) is 135 Å². The molecule has 0 aliphatic heterocycles. The fourth-order valence-electron chi connectivity index (χ4n) is 8.64. The molecule has 340 valence electrons. The van der Waals surface area contributed by atoms with Gasteiger partial charge in [-0.3, -0.25) is 9.59 Å². The molecule has 1 aliphatic carbocycles. The lowest BCUT2D eigenvalue weighted by Gasteiger charge is -2.50. The van der Waals surface area contributed by atoms with Crippen LogP contribution >= 0.6 is 22.7 Å². The number of unbranched alkanes of at least 4 members (excludes halogenated alkanes) is 10. The van der Waals surface area contributed by atoms with Crippen molar-refractivity contribution in [2.24, 2.45) is 11.8 Å². The van der Waals surface area contributed by atoms with Crippen molar-refractivity contribution in [3.8, 4) is 35.2 Å². The number of carbonyl (C=O) groups excluding carboxylic acids is 2. The lowest BCUT2D eigenvalue weighted by atomic mass is 9.52. The molecule has 0 unspecified atom stereocenters. The molecule has 8 heteroatoms. The summed E-state index contributed by atoms with van der Waals surface area (Å²) in [6.07, 6.45) is 14.3. The van der Waals surface area contributed by atoms with E-state index in [2.05, 4.69) is 48.2 Å². The molecule has 2 heterocycles. The molecule has 2 N–H and O–H groups in total. The largest absolute Gasteiger partial charge is 0.494 e. The zero-order chi connectivity index (χ0) is 45.8. The second kappa shape index (κ2) is 25.6. The Kier molecular flexibility index (Phi) is 18.6. The van der Waals surface area contributed by atoms with Crippen LogP contribution in [0, 0.1) is 35.5 Å². The van der Waals surface area contributed by atoms with Gasteiger partial charge >= 0.3 is 0 Å². The first-order valence-electron chi connectivity index (χ1n) is 23.9. The lowest BCUT2D eigenvalue weighted by Crippen LogP contribution is -2.53. The standard InChI is InChI=1S/C58H62N2O4S2/c1-3-5-7-9-11-13-39-63-49-33-25-45(26-34-49)53-55(57(61)59-47-29-19-43(20-30-47)23-37-51-17-15-41-65-51)54(46-27-35-50(36-28-46)64-40-14-12-10-8-6-4-2)56(53)58(62)60-48-31-21-44(22-32-48)24-38-52-18-16-42-66-52/h15-22,25-36,41-42,53-56H,3-14,39-40H2,1-2H3,(H,59,61)(H,60,62). The van der Waals surface area contributed by atoms with Crippen molar-refractivity contribution in [2.45, 2.75) is 103 Å². The van der Waals surface area contributed by atoms with Gasteiger partial charge in [-0.25, -0.2) is 0 Å². The third kappa shape index (κ3) is 14.0. The summed E-state index contributed by atoms with van der Waals surface area (Å²) >= 11 is 3.21.